The van der Waals surface area contributed by atoms with Gasteiger partial charge in [-0.1, -0.05) is 13.1 Å². The van der Waals surface area contributed by atoms with Gasteiger partial charge in [0.2, 0.25) is 0 Å². The highest BCUT2D eigenvalue weighted by molar-refractivity contribution is 6.60. The van der Waals surface area contributed by atoms with Crippen LogP contribution in [0.2, 0.25) is 13.1 Å². The number of rotatable bonds is 4. The van der Waals surface area contributed by atoms with Crippen LogP contribution in [-0.2, 0) is 14.3 Å². The molecule has 0 spiro atoms. The van der Waals surface area contributed by atoms with Crippen LogP contribution in [0.5, 0.6) is 0 Å². The van der Waals surface area contributed by atoms with Crippen LogP contribution >= 0.6 is 0 Å². The van der Waals surface area contributed by atoms with Gasteiger partial charge in [-0.3, -0.25) is 0 Å². The standard InChI is InChI=1S/C16H28O3Si/c1-13(15(17)19-14-8-4-5-9-14)12-16(20(2)3)10-6-7-11-18-16/h12,14,20H,4-11H2,1-3H3. The molecule has 1 saturated heterocycles. The quantitative estimate of drug-likeness (QED) is 0.453. The van der Waals surface area contributed by atoms with E-state index in [-0.39, 0.29) is 17.3 Å². The van der Waals surface area contributed by atoms with Crippen LogP contribution in [0.4, 0.5) is 0 Å². The minimum Gasteiger partial charge on any atom is -0.459 e. The third-order valence-electron chi connectivity index (χ3n) is 4.67. The SMILES string of the molecule is CC(=CC1([SiH](C)C)CCCCO1)C(=O)OC1CCCC1. The van der Waals surface area contributed by atoms with Crippen molar-refractivity contribution in [1.82, 2.24) is 0 Å². The second-order valence-corrected chi connectivity index (χ2v) is 9.84. The highest BCUT2D eigenvalue weighted by atomic mass is 28.3. The Hall–Kier alpha value is -0.613. The zero-order chi connectivity index (χ0) is 14.6. The van der Waals surface area contributed by atoms with Crippen LogP contribution in [0, 0.1) is 0 Å². The molecule has 0 N–H and O–H groups in total. The molecule has 0 radical (unpaired) electrons. The van der Waals surface area contributed by atoms with Gasteiger partial charge in [0, 0.05) is 12.2 Å². The lowest BCUT2D eigenvalue weighted by atomic mass is 10.1. The average Bonchev–Trinajstić information content (AvgIpc) is 2.92. The molecule has 0 aromatic heterocycles. The Morgan fingerprint density at radius 1 is 1.25 bits per heavy atom. The molecule has 1 aliphatic carbocycles. The number of hydrogen-bond acceptors (Lipinski definition) is 3. The normalized spacial score (nSPS) is 28.9. The van der Waals surface area contributed by atoms with Crippen molar-refractivity contribution in [3.8, 4) is 0 Å². The molecule has 0 aromatic rings. The van der Waals surface area contributed by atoms with E-state index in [0.717, 1.165) is 37.9 Å². The molecule has 3 nitrogen and oxygen atoms in total. The summed E-state index contributed by atoms with van der Waals surface area (Å²) in [5.41, 5.74) is 0.736. The number of carbonyl (C=O) groups is 1. The molecule has 2 fully saturated rings. The van der Waals surface area contributed by atoms with Gasteiger partial charge in [0.15, 0.2) is 0 Å². The monoisotopic (exact) mass is 296 g/mol. The summed E-state index contributed by atoms with van der Waals surface area (Å²) in [5, 5.41) is -0.142. The topological polar surface area (TPSA) is 35.5 Å². The molecule has 4 heteroatoms. The third kappa shape index (κ3) is 3.73. The Morgan fingerprint density at radius 3 is 2.50 bits per heavy atom. The molecular weight excluding hydrogens is 268 g/mol. The minimum absolute atomic E-state index is 0.139. The maximum absolute atomic E-state index is 12.2. The molecule has 2 aliphatic rings. The van der Waals surface area contributed by atoms with Crippen molar-refractivity contribution in [3.05, 3.63) is 11.6 Å². The van der Waals surface area contributed by atoms with E-state index in [1.165, 1.54) is 19.3 Å². The molecule has 2 rings (SSSR count). The summed E-state index contributed by atoms with van der Waals surface area (Å²) in [6, 6.07) is 0. The lowest BCUT2D eigenvalue weighted by Gasteiger charge is -2.38. The van der Waals surface area contributed by atoms with Gasteiger partial charge in [0.1, 0.15) is 6.10 Å². The van der Waals surface area contributed by atoms with Gasteiger partial charge >= 0.3 is 5.97 Å². The van der Waals surface area contributed by atoms with Crippen molar-refractivity contribution in [2.45, 2.75) is 76.3 Å². The van der Waals surface area contributed by atoms with Gasteiger partial charge in [-0.15, -0.1) is 0 Å². The van der Waals surface area contributed by atoms with Crippen molar-refractivity contribution in [2.24, 2.45) is 0 Å². The summed E-state index contributed by atoms with van der Waals surface area (Å²) in [6.45, 7) is 7.31. The van der Waals surface area contributed by atoms with Crippen molar-refractivity contribution in [2.75, 3.05) is 6.61 Å². The fourth-order valence-electron chi connectivity index (χ4n) is 3.25. The van der Waals surface area contributed by atoms with Crippen LogP contribution in [0.15, 0.2) is 11.6 Å². The number of esters is 1. The maximum Gasteiger partial charge on any atom is 0.333 e. The number of hydrogen-bond donors (Lipinski definition) is 0. The fraction of sp³-hybridized carbons (Fsp3) is 0.812. The Kier molecular flexibility index (Phi) is 5.44. The number of carbonyl (C=O) groups excluding carboxylic acids is 1. The van der Waals surface area contributed by atoms with Crippen LogP contribution in [0.3, 0.4) is 0 Å². The van der Waals surface area contributed by atoms with E-state index in [0.29, 0.717) is 0 Å². The second kappa shape index (κ2) is 6.90. The molecule has 0 aromatic carbocycles. The maximum atomic E-state index is 12.2. The lowest BCUT2D eigenvalue weighted by molar-refractivity contribution is -0.144. The smallest absolute Gasteiger partial charge is 0.333 e. The van der Waals surface area contributed by atoms with E-state index in [1.54, 1.807) is 0 Å². The molecule has 1 heterocycles. The van der Waals surface area contributed by atoms with E-state index in [4.69, 9.17) is 9.47 Å². The molecule has 0 bridgehead atoms. The summed E-state index contributed by atoms with van der Waals surface area (Å²) >= 11 is 0. The summed E-state index contributed by atoms with van der Waals surface area (Å²) in [4.78, 5) is 12.2. The van der Waals surface area contributed by atoms with E-state index < -0.39 is 8.80 Å². The summed E-state index contributed by atoms with van der Waals surface area (Å²) in [5.74, 6) is -0.139. The van der Waals surface area contributed by atoms with Crippen molar-refractivity contribution in [1.29, 1.82) is 0 Å². The van der Waals surface area contributed by atoms with Gasteiger partial charge in [-0.25, -0.2) is 4.79 Å². The second-order valence-electron chi connectivity index (χ2n) is 6.55. The van der Waals surface area contributed by atoms with Crippen molar-refractivity contribution >= 4 is 14.8 Å². The first kappa shape index (κ1) is 15.8. The van der Waals surface area contributed by atoms with Crippen LogP contribution in [0.1, 0.15) is 51.9 Å². The van der Waals surface area contributed by atoms with Crippen molar-refractivity contribution < 1.29 is 14.3 Å². The van der Waals surface area contributed by atoms with Crippen LogP contribution in [-0.4, -0.2) is 32.7 Å². The summed E-state index contributed by atoms with van der Waals surface area (Å²) in [6.07, 6.45) is 10.1. The van der Waals surface area contributed by atoms with E-state index in [9.17, 15) is 4.79 Å². The van der Waals surface area contributed by atoms with Gasteiger partial charge in [-0.2, -0.15) is 0 Å². The average molecular weight is 296 g/mol. The predicted octanol–water partition coefficient (Wildman–Crippen LogP) is 3.38. The highest BCUT2D eigenvalue weighted by Crippen LogP contribution is 2.31. The Labute approximate surface area is 124 Å². The van der Waals surface area contributed by atoms with Gasteiger partial charge in [-0.05, 0) is 57.9 Å². The molecule has 1 atom stereocenters. The van der Waals surface area contributed by atoms with Gasteiger partial charge in [0.05, 0.1) is 14.0 Å². The fourth-order valence-corrected chi connectivity index (χ4v) is 5.07. The van der Waals surface area contributed by atoms with E-state index in [1.807, 2.05) is 6.92 Å². The predicted molar refractivity (Wildman–Crippen MR) is 83.5 cm³/mol. The van der Waals surface area contributed by atoms with Gasteiger partial charge in [0.25, 0.3) is 0 Å². The van der Waals surface area contributed by atoms with Crippen molar-refractivity contribution in [3.63, 3.8) is 0 Å². The van der Waals surface area contributed by atoms with E-state index >= 15 is 0 Å². The zero-order valence-corrected chi connectivity index (χ0v) is 14.3. The molecule has 1 unspecified atom stereocenters. The molecule has 1 aliphatic heterocycles. The molecule has 0 amide bonds. The van der Waals surface area contributed by atoms with Crippen LogP contribution in [0.25, 0.3) is 0 Å². The zero-order valence-electron chi connectivity index (χ0n) is 13.1. The first-order valence-electron chi connectivity index (χ1n) is 8.08. The minimum atomic E-state index is -1.03. The molecule has 1 saturated carbocycles. The Balaban J connectivity index is 2.03. The Bertz CT molecular complexity index is 364. The summed E-state index contributed by atoms with van der Waals surface area (Å²) in [7, 11) is -1.03. The van der Waals surface area contributed by atoms with Gasteiger partial charge < -0.3 is 9.47 Å². The lowest BCUT2D eigenvalue weighted by Crippen LogP contribution is -2.46. The van der Waals surface area contributed by atoms with E-state index in [2.05, 4.69) is 19.2 Å². The molecule has 114 valence electrons. The first-order valence-corrected chi connectivity index (χ1v) is 11.0. The molecular formula is C16H28O3Si. The van der Waals surface area contributed by atoms with Crippen LogP contribution < -0.4 is 0 Å². The number of ether oxygens (including phenoxy) is 2. The summed E-state index contributed by atoms with van der Waals surface area (Å²) < 4.78 is 11.7. The largest absolute Gasteiger partial charge is 0.459 e. The third-order valence-corrected chi connectivity index (χ3v) is 7.25. The first-order chi connectivity index (χ1) is 9.53. The highest BCUT2D eigenvalue weighted by Gasteiger charge is 2.36. The molecule has 20 heavy (non-hydrogen) atoms. The Morgan fingerprint density at radius 2 is 1.95 bits per heavy atom.